The lowest BCUT2D eigenvalue weighted by molar-refractivity contribution is -0.137. The SMILES string of the molecule is O=c1[nH]c(-c2ccc(OCc3sc(-c4ccc(C(F)(F)F)cc4)nc3COCCC3CCCCC3)cc2Cl)no1. The molecule has 0 saturated heterocycles. The molecule has 1 saturated carbocycles. The van der Waals surface area contributed by atoms with E-state index < -0.39 is 17.5 Å². The Labute approximate surface area is 237 Å². The van der Waals surface area contributed by atoms with Crippen LogP contribution in [0.5, 0.6) is 5.75 Å². The molecule has 0 amide bonds. The molecule has 1 aliphatic rings. The van der Waals surface area contributed by atoms with E-state index in [1.807, 2.05) is 0 Å². The van der Waals surface area contributed by atoms with Crippen LogP contribution in [0.25, 0.3) is 22.0 Å². The summed E-state index contributed by atoms with van der Waals surface area (Å²) in [6.07, 6.45) is 2.93. The van der Waals surface area contributed by atoms with Gasteiger partial charge in [0.15, 0.2) is 5.82 Å². The third kappa shape index (κ3) is 7.13. The Morgan fingerprint density at radius 2 is 1.85 bits per heavy atom. The van der Waals surface area contributed by atoms with Crippen LogP contribution in [-0.4, -0.2) is 21.7 Å². The van der Waals surface area contributed by atoms with Gasteiger partial charge < -0.3 is 9.47 Å². The molecule has 0 bridgehead atoms. The number of hydrogen-bond acceptors (Lipinski definition) is 7. The largest absolute Gasteiger partial charge is 0.488 e. The molecular formula is C28H27ClF3N3O4S. The number of aromatic nitrogens is 3. The molecule has 7 nitrogen and oxygen atoms in total. The fourth-order valence-electron chi connectivity index (χ4n) is 4.70. The lowest BCUT2D eigenvalue weighted by atomic mass is 9.87. The minimum absolute atomic E-state index is 0.163. The number of H-pyrrole nitrogens is 1. The Morgan fingerprint density at radius 1 is 1.07 bits per heavy atom. The van der Waals surface area contributed by atoms with Crippen LogP contribution in [0.3, 0.4) is 0 Å². The highest BCUT2D eigenvalue weighted by Crippen LogP contribution is 2.35. The second-order valence-electron chi connectivity index (χ2n) is 9.68. The van der Waals surface area contributed by atoms with Crippen molar-refractivity contribution in [1.29, 1.82) is 0 Å². The van der Waals surface area contributed by atoms with E-state index in [-0.39, 0.29) is 19.0 Å². The van der Waals surface area contributed by atoms with Gasteiger partial charge in [-0.2, -0.15) is 13.2 Å². The van der Waals surface area contributed by atoms with E-state index in [9.17, 15) is 18.0 Å². The molecule has 2 aromatic heterocycles. The quantitative estimate of drug-likeness (QED) is 0.188. The van der Waals surface area contributed by atoms with E-state index in [1.165, 1.54) is 55.6 Å². The summed E-state index contributed by atoms with van der Waals surface area (Å²) in [5.41, 5.74) is 1.04. The fraction of sp³-hybridized carbons (Fsp3) is 0.393. The molecular weight excluding hydrogens is 567 g/mol. The van der Waals surface area contributed by atoms with Crippen molar-refractivity contribution in [1.82, 2.24) is 15.1 Å². The van der Waals surface area contributed by atoms with Crippen LogP contribution in [0.4, 0.5) is 13.2 Å². The molecule has 1 fully saturated rings. The molecule has 0 aliphatic heterocycles. The van der Waals surface area contributed by atoms with Crippen LogP contribution >= 0.6 is 22.9 Å². The Balaban J connectivity index is 1.30. The van der Waals surface area contributed by atoms with Gasteiger partial charge in [0.1, 0.15) is 17.4 Å². The van der Waals surface area contributed by atoms with Gasteiger partial charge in [-0.3, -0.25) is 9.51 Å². The van der Waals surface area contributed by atoms with Crippen molar-refractivity contribution in [3.63, 3.8) is 0 Å². The van der Waals surface area contributed by atoms with E-state index in [1.54, 1.807) is 18.2 Å². The molecule has 1 aliphatic carbocycles. The van der Waals surface area contributed by atoms with Gasteiger partial charge in [-0.05, 0) is 42.7 Å². The van der Waals surface area contributed by atoms with Crippen LogP contribution in [0.2, 0.25) is 5.02 Å². The summed E-state index contributed by atoms with van der Waals surface area (Å²) in [7, 11) is 0. The molecule has 0 atom stereocenters. The molecule has 1 N–H and O–H groups in total. The van der Waals surface area contributed by atoms with Crippen molar-refractivity contribution in [2.45, 2.75) is 57.9 Å². The number of ether oxygens (including phenoxy) is 2. The summed E-state index contributed by atoms with van der Waals surface area (Å²) < 4.78 is 55.6. The molecule has 0 spiro atoms. The standard InChI is InChI=1S/C28H27ClF3N3O4S/c29-22-14-20(10-11-21(22)25-34-27(36)39-35-25)38-16-24-23(15-37-13-12-17-4-2-1-3-5-17)33-26(40-24)18-6-8-19(9-7-18)28(30,31)32/h6-11,14,17H,1-5,12-13,15-16H2,(H,34,35,36). The normalized spacial score (nSPS) is 14.5. The summed E-state index contributed by atoms with van der Waals surface area (Å²) in [6.45, 7) is 1.07. The third-order valence-corrected chi connectivity index (χ3v) is 8.31. The van der Waals surface area contributed by atoms with Gasteiger partial charge in [0.2, 0.25) is 0 Å². The first-order chi connectivity index (χ1) is 19.3. The van der Waals surface area contributed by atoms with Crippen LogP contribution in [0.1, 0.15) is 54.7 Å². The predicted octanol–water partition coefficient (Wildman–Crippen LogP) is 7.89. The van der Waals surface area contributed by atoms with Gasteiger partial charge in [0.25, 0.3) is 0 Å². The van der Waals surface area contributed by atoms with Crippen molar-refractivity contribution in [2.75, 3.05) is 6.61 Å². The van der Waals surface area contributed by atoms with Gasteiger partial charge in [-0.15, -0.1) is 11.3 Å². The summed E-state index contributed by atoms with van der Waals surface area (Å²) in [4.78, 5) is 19.2. The highest BCUT2D eigenvalue weighted by molar-refractivity contribution is 7.15. The number of benzene rings is 2. The first kappa shape index (κ1) is 28.4. The van der Waals surface area contributed by atoms with Crippen molar-refractivity contribution < 1.29 is 27.2 Å². The van der Waals surface area contributed by atoms with Crippen LogP contribution in [0, 0.1) is 5.92 Å². The summed E-state index contributed by atoms with van der Waals surface area (Å²) in [5.74, 6) is 0.692. The monoisotopic (exact) mass is 593 g/mol. The fourth-order valence-corrected chi connectivity index (χ4v) is 5.94. The maximum Gasteiger partial charge on any atom is 0.439 e. The number of aromatic amines is 1. The average molecular weight is 594 g/mol. The maximum atomic E-state index is 13.0. The molecule has 12 heteroatoms. The average Bonchev–Trinajstić information content (AvgIpc) is 3.56. The Hall–Kier alpha value is -3.15. The highest BCUT2D eigenvalue weighted by atomic mass is 35.5. The van der Waals surface area contributed by atoms with E-state index in [0.717, 1.165) is 23.4 Å². The van der Waals surface area contributed by atoms with Crippen LogP contribution in [-0.2, 0) is 24.1 Å². The second-order valence-corrected chi connectivity index (χ2v) is 11.2. The van der Waals surface area contributed by atoms with Gasteiger partial charge >= 0.3 is 11.9 Å². The zero-order valence-electron chi connectivity index (χ0n) is 21.4. The number of rotatable bonds is 10. The number of nitrogens with zero attached hydrogens (tertiary/aromatic N) is 2. The zero-order chi connectivity index (χ0) is 28.1. The van der Waals surface area contributed by atoms with Crippen molar-refractivity contribution in [2.24, 2.45) is 5.92 Å². The van der Waals surface area contributed by atoms with Crippen LogP contribution < -0.4 is 10.5 Å². The molecule has 40 heavy (non-hydrogen) atoms. The summed E-state index contributed by atoms with van der Waals surface area (Å²) >= 11 is 7.72. The minimum atomic E-state index is -4.41. The Kier molecular flexibility index (Phi) is 8.92. The lowest BCUT2D eigenvalue weighted by Crippen LogP contribution is -2.10. The van der Waals surface area contributed by atoms with Gasteiger partial charge in [0, 0.05) is 17.7 Å². The van der Waals surface area contributed by atoms with E-state index >= 15 is 0 Å². The Morgan fingerprint density at radius 3 is 2.52 bits per heavy atom. The molecule has 2 aromatic carbocycles. The van der Waals surface area contributed by atoms with Gasteiger partial charge in [-0.25, -0.2) is 9.78 Å². The van der Waals surface area contributed by atoms with Gasteiger partial charge in [-0.1, -0.05) is 61.0 Å². The third-order valence-electron chi connectivity index (χ3n) is 6.88. The van der Waals surface area contributed by atoms with E-state index in [4.69, 9.17) is 26.1 Å². The van der Waals surface area contributed by atoms with Gasteiger partial charge in [0.05, 0.1) is 27.8 Å². The number of halogens is 4. The first-order valence-electron chi connectivity index (χ1n) is 13.0. The van der Waals surface area contributed by atoms with Crippen molar-refractivity contribution in [3.8, 4) is 27.7 Å². The van der Waals surface area contributed by atoms with Crippen LogP contribution in [0.15, 0.2) is 51.8 Å². The summed E-state index contributed by atoms with van der Waals surface area (Å²) in [5, 5.41) is 4.54. The minimum Gasteiger partial charge on any atom is -0.488 e. The number of thiazole rings is 1. The Bertz CT molecular complexity index is 1480. The van der Waals surface area contributed by atoms with E-state index in [2.05, 4.69) is 14.7 Å². The smallest absolute Gasteiger partial charge is 0.439 e. The number of nitrogens with one attached hydrogen (secondary N) is 1. The molecule has 2 heterocycles. The summed E-state index contributed by atoms with van der Waals surface area (Å²) in [6, 6.07) is 9.90. The predicted molar refractivity (Wildman–Crippen MR) is 145 cm³/mol. The number of hydrogen-bond donors (Lipinski definition) is 1. The lowest BCUT2D eigenvalue weighted by Gasteiger charge is -2.21. The number of alkyl halides is 3. The zero-order valence-corrected chi connectivity index (χ0v) is 23.0. The van der Waals surface area contributed by atoms with Crippen molar-refractivity contribution in [3.05, 3.63) is 74.2 Å². The maximum absolute atomic E-state index is 13.0. The second kappa shape index (κ2) is 12.6. The highest BCUT2D eigenvalue weighted by Gasteiger charge is 2.30. The van der Waals surface area contributed by atoms with Crippen molar-refractivity contribution >= 4 is 22.9 Å². The molecule has 0 unspecified atom stereocenters. The van der Waals surface area contributed by atoms with E-state index in [0.29, 0.717) is 45.1 Å². The molecule has 212 valence electrons. The first-order valence-corrected chi connectivity index (χ1v) is 14.2. The molecule has 5 rings (SSSR count). The topological polar surface area (TPSA) is 90.2 Å². The molecule has 0 radical (unpaired) electrons. The molecule has 4 aromatic rings.